The van der Waals surface area contributed by atoms with Gasteiger partial charge in [0.2, 0.25) is 11.8 Å². The van der Waals surface area contributed by atoms with Crippen LogP contribution in [0.2, 0.25) is 0 Å². The van der Waals surface area contributed by atoms with Crippen LogP contribution < -0.4 is 10.5 Å². The van der Waals surface area contributed by atoms with Crippen LogP contribution in [0, 0.1) is 17.2 Å². The Labute approximate surface area is 140 Å². The Kier molecular flexibility index (Phi) is 4.56. The Bertz CT molecular complexity index is 742. The van der Waals surface area contributed by atoms with Crippen molar-refractivity contribution in [3.8, 4) is 11.9 Å². The maximum absolute atomic E-state index is 11.9. The second-order valence-corrected chi connectivity index (χ2v) is 5.90. The molecule has 0 unspecified atom stereocenters. The van der Waals surface area contributed by atoms with Crippen LogP contribution in [-0.4, -0.2) is 22.8 Å². The number of esters is 1. The summed E-state index contributed by atoms with van der Waals surface area (Å²) < 4.78 is 10.5. The molecule has 2 atom stereocenters. The quantitative estimate of drug-likeness (QED) is 0.646. The van der Waals surface area contributed by atoms with Gasteiger partial charge in [-0.2, -0.15) is 5.26 Å². The summed E-state index contributed by atoms with van der Waals surface area (Å²) in [6, 6.07) is 2.18. The second-order valence-electron chi connectivity index (χ2n) is 5.90. The Morgan fingerprint density at radius 1 is 1.62 bits per heavy atom. The third-order valence-electron chi connectivity index (χ3n) is 4.41. The summed E-state index contributed by atoms with van der Waals surface area (Å²) in [6.45, 7) is 2.08. The molecule has 0 saturated carbocycles. The molecule has 3 N–H and O–H groups in total. The predicted octanol–water partition coefficient (Wildman–Crippen LogP) is 2.04. The highest BCUT2D eigenvalue weighted by Gasteiger charge is 2.38. The van der Waals surface area contributed by atoms with E-state index in [1.165, 1.54) is 0 Å². The van der Waals surface area contributed by atoms with E-state index in [0.29, 0.717) is 23.8 Å². The maximum Gasteiger partial charge on any atom is 0.311 e. The molecule has 0 saturated heterocycles. The van der Waals surface area contributed by atoms with Crippen molar-refractivity contribution in [3.63, 3.8) is 0 Å². The predicted molar refractivity (Wildman–Crippen MR) is 85.6 cm³/mol. The number of carbonyl (C=O) groups excluding carboxylic acids is 1. The number of aromatic nitrogens is 2. The van der Waals surface area contributed by atoms with E-state index in [1.54, 1.807) is 6.92 Å². The molecule has 24 heavy (non-hydrogen) atoms. The van der Waals surface area contributed by atoms with E-state index in [1.807, 2.05) is 0 Å². The number of aromatic amines is 1. The maximum atomic E-state index is 11.9. The van der Waals surface area contributed by atoms with Gasteiger partial charge in [-0.3, -0.25) is 9.89 Å². The molecule has 3 rings (SSSR count). The Hall–Kier alpha value is -2.75. The largest absolute Gasteiger partial charge is 0.466 e. The molecule has 0 radical (unpaired) electrons. The number of hydrogen-bond donors (Lipinski definition) is 2. The summed E-state index contributed by atoms with van der Waals surface area (Å²) >= 11 is 0. The Balaban J connectivity index is 2.02. The van der Waals surface area contributed by atoms with Crippen molar-refractivity contribution in [1.82, 2.24) is 10.2 Å². The molecule has 126 valence electrons. The smallest absolute Gasteiger partial charge is 0.311 e. The van der Waals surface area contributed by atoms with Crippen LogP contribution in [0.15, 0.2) is 23.6 Å². The number of carbonyl (C=O) groups is 1. The van der Waals surface area contributed by atoms with Gasteiger partial charge in [0.1, 0.15) is 6.07 Å². The highest BCUT2D eigenvalue weighted by atomic mass is 16.5. The third kappa shape index (κ3) is 2.87. The molecule has 2 aliphatic rings. The van der Waals surface area contributed by atoms with Crippen LogP contribution in [0.5, 0.6) is 5.88 Å². The summed E-state index contributed by atoms with van der Waals surface area (Å²) in [5, 5.41) is 16.5. The molecular weight excluding hydrogens is 308 g/mol. The van der Waals surface area contributed by atoms with Crippen molar-refractivity contribution in [3.05, 3.63) is 34.9 Å². The molecule has 0 fully saturated rings. The molecule has 1 aliphatic heterocycles. The topological polar surface area (TPSA) is 114 Å². The summed E-state index contributed by atoms with van der Waals surface area (Å²) in [5.41, 5.74) is 7.68. The zero-order valence-corrected chi connectivity index (χ0v) is 13.5. The number of H-pyrrole nitrogens is 1. The highest BCUT2D eigenvalue weighted by molar-refractivity contribution is 5.73. The molecule has 7 nitrogen and oxygen atoms in total. The lowest BCUT2D eigenvalue weighted by molar-refractivity contribution is -0.142. The fraction of sp³-hybridized carbons (Fsp3) is 0.471. The van der Waals surface area contributed by atoms with Gasteiger partial charge in [-0.05, 0) is 32.1 Å². The van der Waals surface area contributed by atoms with Crippen molar-refractivity contribution in [1.29, 1.82) is 5.26 Å². The van der Waals surface area contributed by atoms with Gasteiger partial charge in [-0.25, -0.2) is 0 Å². The minimum Gasteiger partial charge on any atom is -0.466 e. The Morgan fingerprint density at radius 3 is 3.12 bits per heavy atom. The van der Waals surface area contributed by atoms with Crippen LogP contribution in [0.4, 0.5) is 0 Å². The van der Waals surface area contributed by atoms with E-state index >= 15 is 0 Å². The lowest BCUT2D eigenvalue weighted by Crippen LogP contribution is -2.26. The van der Waals surface area contributed by atoms with Crippen molar-refractivity contribution >= 4 is 5.97 Å². The fourth-order valence-electron chi connectivity index (χ4n) is 3.38. The van der Waals surface area contributed by atoms with Crippen molar-refractivity contribution in [2.24, 2.45) is 11.7 Å². The average Bonchev–Trinajstić information content (AvgIpc) is 2.96. The van der Waals surface area contributed by atoms with E-state index in [9.17, 15) is 10.1 Å². The first-order valence-corrected chi connectivity index (χ1v) is 8.12. The number of ether oxygens (including phenoxy) is 2. The van der Waals surface area contributed by atoms with E-state index < -0.39 is 0 Å². The fourth-order valence-corrected chi connectivity index (χ4v) is 3.38. The van der Waals surface area contributed by atoms with E-state index in [-0.39, 0.29) is 30.1 Å². The van der Waals surface area contributed by atoms with Gasteiger partial charge in [-0.1, -0.05) is 12.2 Å². The van der Waals surface area contributed by atoms with Gasteiger partial charge in [0.15, 0.2) is 0 Å². The monoisotopic (exact) mass is 328 g/mol. The number of nitrogens with two attached hydrogens (primary N) is 1. The zero-order chi connectivity index (χ0) is 17.1. The molecule has 0 bridgehead atoms. The highest BCUT2D eigenvalue weighted by Crippen LogP contribution is 2.45. The molecule has 7 heteroatoms. The SMILES string of the molecule is CCOC(=O)Cc1[nH]nc2c1[C@H]([C@H]1C=CCCC1)C(C#N)=C(N)O2. The number of nitrogens with one attached hydrogen (secondary N) is 1. The van der Waals surface area contributed by atoms with Gasteiger partial charge < -0.3 is 15.2 Å². The molecule has 2 heterocycles. The lowest BCUT2D eigenvalue weighted by Gasteiger charge is -2.30. The third-order valence-corrected chi connectivity index (χ3v) is 4.41. The normalized spacial score (nSPS) is 22.5. The standard InChI is InChI=1S/C17H20N4O3/c1-2-23-13(22)8-12-15-14(10-6-4-3-5-7-10)11(9-18)16(19)24-17(15)21-20-12/h4,6,10,14H,2-3,5,7-8,19H2,1H3,(H,20,21)/t10-,14+/m0/s1. The van der Waals surface area contributed by atoms with Crippen LogP contribution in [0.25, 0.3) is 0 Å². The molecule has 0 amide bonds. The number of rotatable bonds is 4. The van der Waals surface area contributed by atoms with Gasteiger partial charge in [0.25, 0.3) is 0 Å². The number of nitriles is 1. The van der Waals surface area contributed by atoms with E-state index in [0.717, 1.165) is 24.8 Å². The molecule has 0 spiro atoms. The molecular formula is C17H20N4O3. The zero-order valence-electron chi connectivity index (χ0n) is 13.5. The Morgan fingerprint density at radius 2 is 2.46 bits per heavy atom. The molecule has 0 aromatic carbocycles. The van der Waals surface area contributed by atoms with E-state index in [4.69, 9.17) is 15.2 Å². The summed E-state index contributed by atoms with van der Waals surface area (Å²) in [4.78, 5) is 11.9. The van der Waals surface area contributed by atoms with E-state index in [2.05, 4.69) is 28.4 Å². The molecule has 1 aliphatic carbocycles. The molecule has 1 aromatic heterocycles. The van der Waals surface area contributed by atoms with Crippen molar-refractivity contribution in [2.45, 2.75) is 38.5 Å². The van der Waals surface area contributed by atoms with Gasteiger partial charge in [0, 0.05) is 11.5 Å². The van der Waals surface area contributed by atoms with Crippen molar-refractivity contribution < 1.29 is 14.3 Å². The summed E-state index contributed by atoms with van der Waals surface area (Å²) in [7, 11) is 0. The van der Waals surface area contributed by atoms with Gasteiger partial charge in [-0.15, -0.1) is 5.10 Å². The number of hydrogen-bond acceptors (Lipinski definition) is 6. The summed E-state index contributed by atoms with van der Waals surface area (Å²) in [5.74, 6) is -0.0347. The first-order chi connectivity index (χ1) is 11.7. The van der Waals surface area contributed by atoms with Crippen LogP contribution in [-0.2, 0) is 16.0 Å². The van der Waals surface area contributed by atoms with Crippen molar-refractivity contribution in [2.75, 3.05) is 6.61 Å². The van der Waals surface area contributed by atoms with Crippen LogP contribution in [0.1, 0.15) is 43.4 Å². The lowest BCUT2D eigenvalue weighted by atomic mass is 9.75. The average molecular weight is 328 g/mol. The number of nitrogens with zero attached hydrogens (tertiary/aromatic N) is 2. The molecule has 1 aromatic rings. The number of allylic oxidation sites excluding steroid dienone is 3. The van der Waals surface area contributed by atoms with Gasteiger partial charge >= 0.3 is 5.97 Å². The van der Waals surface area contributed by atoms with Crippen LogP contribution >= 0.6 is 0 Å². The minimum absolute atomic E-state index is 0.0606. The first-order valence-electron chi connectivity index (χ1n) is 8.12. The van der Waals surface area contributed by atoms with Crippen LogP contribution in [0.3, 0.4) is 0 Å². The summed E-state index contributed by atoms with van der Waals surface area (Å²) in [6.07, 6.45) is 7.34. The minimum atomic E-state index is -0.345. The second kappa shape index (κ2) is 6.79. The number of fused-ring (bicyclic) bond motifs is 1. The first kappa shape index (κ1) is 16.1. The van der Waals surface area contributed by atoms with Gasteiger partial charge in [0.05, 0.1) is 24.3 Å².